The molecule has 0 spiro atoms. The van der Waals surface area contributed by atoms with Crippen LogP contribution in [0.4, 0.5) is 0 Å². The summed E-state index contributed by atoms with van der Waals surface area (Å²) >= 11 is 0. The minimum Gasteiger partial charge on any atom is -0.550 e. The molecule has 0 amide bonds. The number of likely N-dealkylation sites (N-methyl/N-ethyl adjacent to an activating group) is 1. The van der Waals surface area contributed by atoms with Crippen molar-refractivity contribution in [3.63, 3.8) is 0 Å². The topological polar surface area (TPSA) is 63.6 Å². The summed E-state index contributed by atoms with van der Waals surface area (Å²) in [6.45, 7) is 5.17. The summed E-state index contributed by atoms with van der Waals surface area (Å²) in [5, 5.41) is 19.5. The van der Waals surface area contributed by atoms with E-state index in [9.17, 15) is 15.0 Å². The first kappa shape index (κ1) is 21.2. The summed E-state index contributed by atoms with van der Waals surface area (Å²) in [4.78, 5) is 11.6. The van der Waals surface area contributed by atoms with Gasteiger partial charge in [-0.05, 0) is 32.5 Å². The van der Waals surface area contributed by atoms with E-state index in [1.54, 1.807) is 13.8 Å². The van der Waals surface area contributed by atoms with Crippen LogP contribution >= 0.6 is 12.4 Å². The number of benzene rings is 1. The van der Waals surface area contributed by atoms with E-state index < -0.39 is 12.1 Å². The highest BCUT2D eigenvalue weighted by Crippen LogP contribution is 2.18. The van der Waals surface area contributed by atoms with Gasteiger partial charge in [-0.15, -0.1) is 12.4 Å². The zero-order valence-electron chi connectivity index (χ0n) is 12.7. The Morgan fingerprint density at radius 2 is 1.55 bits per heavy atom. The second kappa shape index (κ2) is 10.7. The van der Waals surface area contributed by atoms with Crippen LogP contribution in [0.1, 0.15) is 32.4 Å². The predicted octanol–water partition coefficient (Wildman–Crippen LogP) is 1.48. The van der Waals surface area contributed by atoms with Gasteiger partial charge in [0.25, 0.3) is 0 Å². The van der Waals surface area contributed by atoms with Crippen molar-refractivity contribution in [1.29, 1.82) is 0 Å². The second-order valence-electron chi connectivity index (χ2n) is 5.03. The van der Waals surface area contributed by atoms with Crippen LogP contribution in [0.3, 0.4) is 0 Å². The lowest BCUT2D eigenvalue weighted by molar-refractivity contribution is -0.310. The molecule has 20 heavy (non-hydrogen) atoms. The Bertz CT molecular complexity index is 369. The lowest BCUT2D eigenvalue weighted by Crippen LogP contribution is -2.30. The number of aliphatic hydroxyl groups excluding tert-OH is 1. The maximum atomic E-state index is 9.92. The molecule has 0 bridgehead atoms. The Labute approximate surface area is 127 Å². The molecule has 1 aromatic carbocycles. The molecule has 1 rings (SSSR count). The summed E-state index contributed by atoms with van der Waals surface area (Å²) < 4.78 is 0. The summed E-state index contributed by atoms with van der Waals surface area (Å²) in [7, 11) is 3.94. The third-order valence-electron chi connectivity index (χ3n) is 2.88. The van der Waals surface area contributed by atoms with Gasteiger partial charge in [0.1, 0.15) is 0 Å². The van der Waals surface area contributed by atoms with Gasteiger partial charge in [0.05, 0.1) is 6.10 Å². The van der Waals surface area contributed by atoms with Gasteiger partial charge in [0, 0.05) is 12.0 Å². The van der Waals surface area contributed by atoms with Crippen molar-refractivity contribution < 1.29 is 15.0 Å². The maximum absolute atomic E-state index is 9.92. The molecule has 1 N–H and O–H groups in total. The number of rotatable bonds is 4. The summed E-state index contributed by atoms with van der Waals surface area (Å²) in [6, 6.07) is 9.88. The largest absolute Gasteiger partial charge is 0.550 e. The van der Waals surface area contributed by atoms with Crippen LogP contribution in [0.2, 0.25) is 0 Å². The fraction of sp³-hybridized carbons (Fsp3) is 0.533. The van der Waals surface area contributed by atoms with Crippen LogP contribution in [0.25, 0.3) is 0 Å². The van der Waals surface area contributed by atoms with E-state index in [1.807, 2.05) is 56.3 Å². The van der Waals surface area contributed by atoms with E-state index in [4.69, 9.17) is 0 Å². The van der Waals surface area contributed by atoms with Crippen LogP contribution in [0.5, 0.6) is 0 Å². The minimum absolute atomic E-state index is 0. The monoisotopic (exact) mass is 302 g/mol. The molecule has 4 nitrogen and oxygen atoms in total. The fourth-order valence-electron chi connectivity index (χ4n) is 1.21. The van der Waals surface area contributed by atoms with Crippen molar-refractivity contribution in [2.24, 2.45) is 5.92 Å². The van der Waals surface area contributed by atoms with E-state index in [0.717, 1.165) is 5.56 Å². The van der Waals surface area contributed by atoms with Crippen molar-refractivity contribution in [3.8, 4) is 0 Å². The van der Waals surface area contributed by atoms with Crippen molar-refractivity contribution >= 4 is 18.4 Å². The Kier molecular flexibility index (Phi) is 11.3. The summed E-state index contributed by atoms with van der Waals surface area (Å²) in [6.07, 6.45) is -0.406. The molecule has 116 valence electrons. The van der Waals surface area contributed by atoms with Gasteiger partial charge in [-0.25, -0.2) is 0 Å². The number of carboxylic acids is 1. The maximum Gasteiger partial charge on any atom is 0.0942 e. The van der Waals surface area contributed by atoms with Gasteiger partial charge in [0.2, 0.25) is 0 Å². The highest BCUT2D eigenvalue weighted by molar-refractivity contribution is 5.85. The Balaban J connectivity index is 0. The molecule has 0 aliphatic carbocycles. The fourth-order valence-corrected chi connectivity index (χ4v) is 1.21. The van der Waals surface area contributed by atoms with E-state index in [0.29, 0.717) is 0 Å². The van der Waals surface area contributed by atoms with Crippen molar-refractivity contribution in [3.05, 3.63) is 35.9 Å². The molecule has 0 aliphatic rings. The van der Waals surface area contributed by atoms with Gasteiger partial charge in [-0.3, -0.25) is 0 Å². The average Bonchev–Trinajstić information content (AvgIpc) is 2.38. The second-order valence-corrected chi connectivity index (χ2v) is 5.03. The lowest BCUT2D eigenvalue weighted by atomic mass is 10.0. The minimum atomic E-state index is -0.991. The number of carboxylic acid groups (broad SMARTS) is 1. The number of carbonyl (C=O) groups excluding carboxylic acids is 1. The van der Waals surface area contributed by atoms with Crippen LogP contribution in [0.15, 0.2) is 30.3 Å². The number of carbonyl (C=O) groups is 1. The molecule has 0 saturated carbocycles. The van der Waals surface area contributed by atoms with Gasteiger partial charge in [-0.2, -0.15) is 0 Å². The highest BCUT2D eigenvalue weighted by Gasteiger charge is 2.17. The first-order valence-corrected chi connectivity index (χ1v) is 6.37. The van der Waals surface area contributed by atoms with Crippen LogP contribution < -0.4 is 5.11 Å². The van der Waals surface area contributed by atoms with E-state index in [1.165, 1.54) is 0 Å². The first-order chi connectivity index (χ1) is 8.77. The number of hydrogen-bond acceptors (Lipinski definition) is 4. The molecule has 2 atom stereocenters. The number of halogens is 1. The number of nitrogens with zero attached hydrogens (tertiary/aromatic N) is 1. The number of aliphatic hydroxyl groups is 1. The van der Waals surface area contributed by atoms with E-state index in [-0.39, 0.29) is 24.4 Å². The Morgan fingerprint density at radius 3 is 1.85 bits per heavy atom. The number of hydrogen-bond donors (Lipinski definition) is 1. The van der Waals surface area contributed by atoms with Gasteiger partial charge in [0.15, 0.2) is 0 Å². The first-order valence-electron chi connectivity index (χ1n) is 6.37. The molecular weight excluding hydrogens is 278 g/mol. The molecule has 0 radical (unpaired) electrons. The quantitative estimate of drug-likeness (QED) is 0.915. The SMILES string of the molecule is CC(C(O)c1ccccc1)N(C)C.CC(C)C(=O)[O-].Cl. The van der Waals surface area contributed by atoms with Crippen molar-refractivity contribution in [2.45, 2.75) is 32.9 Å². The molecule has 2 unspecified atom stereocenters. The molecule has 0 saturated heterocycles. The molecule has 0 aliphatic heterocycles. The molecule has 5 heteroatoms. The molecule has 1 aromatic rings. The zero-order chi connectivity index (χ0) is 15.0. The van der Waals surface area contributed by atoms with Crippen molar-refractivity contribution in [1.82, 2.24) is 4.90 Å². The average molecular weight is 303 g/mol. The van der Waals surface area contributed by atoms with E-state index in [2.05, 4.69) is 0 Å². The Morgan fingerprint density at radius 1 is 1.15 bits per heavy atom. The zero-order valence-corrected chi connectivity index (χ0v) is 13.6. The van der Waals surface area contributed by atoms with Gasteiger partial charge in [-0.1, -0.05) is 44.2 Å². The van der Waals surface area contributed by atoms with E-state index >= 15 is 0 Å². The van der Waals surface area contributed by atoms with Crippen molar-refractivity contribution in [2.75, 3.05) is 14.1 Å². The molecular formula is C15H25ClNO3-. The smallest absolute Gasteiger partial charge is 0.0942 e. The van der Waals surface area contributed by atoms with Crippen LogP contribution in [-0.4, -0.2) is 36.1 Å². The number of aliphatic carboxylic acids is 1. The summed E-state index contributed by atoms with van der Waals surface area (Å²) in [5.41, 5.74) is 0.976. The third-order valence-corrected chi connectivity index (χ3v) is 2.88. The standard InChI is InChI=1S/C11H17NO.C4H8O2.ClH/c1-9(12(2)3)11(13)10-7-5-4-6-8-10;1-3(2)4(5)6;/h4-9,11,13H,1-3H3;3H,1-2H3,(H,5,6);1H/p-1. The predicted molar refractivity (Wildman–Crippen MR) is 81.6 cm³/mol. The molecule has 0 fully saturated rings. The lowest BCUT2D eigenvalue weighted by Gasteiger charge is -2.25. The Hall–Kier alpha value is -1.10. The normalized spacial score (nSPS) is 13.0. The highest BCUT2D eigenvalue weighted by atomic mass is 35.5. The van der Waals surface area contributed by atoms with Crippen LogP contribution in [0, 0.1) is 5.92 Å². The van der Waals surface area contributed by atoms with Crippen LogP contribution in [-0.2, 0) is 4.79 Å². The van der Waals surface area contributed by atoms with Gasteiger partial charge < -0.3 is 19.9 Å². The van der Waals surface area contributed by atoms with Gasteiger partial charge >= 0.3 is 0 Å². The molecule has 0 heterocycles. The summed E-state index contributed by atoms with van der Waals surface area (Å²) in [5.74, 6) is -1.33. The third kappa shape index (κ3) is 8.15. The molecule has 0 aromatic heterocycles.